The summed E-state index contributed by atoms with van der Waals surface area (Å²) in [5.41, 5.74) is 2.75. The minimum absolute atomic E-state index is 0.207. The molecule has 9 nitrogen and oxygen atoms in total. The fraction of sp³-hybridized carbons (Fsp3) is 0.348. The van der Waals surface area contributed by atoms with Crippen LogP contribution in [0.1, 0.15) is 12.0 Å². The number of amides is 3. The van der Waals surface area contributed by atoms with Crippen molar-refractivity contribution in [3.05, 3.63) is 48.0 Å². The number of rotatable bonds is 7. The van der Waals surface area contributed by atoms with Crippen LogP contribution in [0.2, 0.25) is 0 Å². The monoisotopic (exact) mass is 467 g/mol. The van der Waals surface area contributed by atoms with Crippen molar-refractivity contribution >= 4 is 40.7 Å². The van der Waals surface area contributed by atoms with Gasteiger partial charge in [-0.15, -0.1) is 0 Å². The van der Waals surface area contributed by atoms with Crippen molar-refractivity contribution in [1.29, 1.82) is 0 Å². The van der Waals surface area contributed by atoms with E-state index < -0.39 is 6.04 Å². The van der Waals surface area contributed by atoms with E-state index in [1.165, 1.54) is 0 Å². The van der Waals surface area contributed by atoms with Crippen LogP contribution >= 0.6 is 11.8 Å². The average Bonchev–Trinajstić information content (AvgIpc) is 3.54. The summed E-state index contributed by atoms with van der Waals surface area (Å²) in [5, 5.41) is 5.86. The Bertz CT molecular complexity index is 1200. The third-order valence-corrected chi connectivity index (χ3v) is 6.44. The first-order valence-corrected chi connectivity index (χ1v) is 12.2. The molecule has 172 valence electrons. The summed E-state index contributed by atoms with van der Waals surface area (Å²) >= 11 is 1.63. The molecule has 5 rings (SSSR count). The quantitative estimate of drug-likeness (QED) is 0.555. The topological polar surface area (TPSA) is 97.7 Å². The van der Waals surface area contributed by atoms with Gasteiger partial charge < -0.3 is 24.7 Å². The fourth-order valence-corrected chi connectivity index (χ4v) is 4.55. The van der Waals surface area contributed by atoms with Crippen LogP contribution < -0.4 is 25.0 Å². The highest BCUT2D eigenvalue weighted by Crippen LogP contribution is 2.32. The Labute approximate surface area is 195 Å². The lowest BCUT2D eigenvalue weighted by Crippen LogP contribution is -2.51. The number of carbonyl (C=O) groups is 2. The number of ether oxygens (including phenoxy) is 2. The van der Waals surface area contributed by atoms with E-state index >= 15 is 0 Å². The maximum atomic E-state index is 13.1. The van der Waals surface area contributed by atoms with Gasteiger partial charge in [0, 0.05) is 19.6 Å². The molecule has 2 aliphatic rings. The molecule has 10 heteroatoms. The number of anilines is 1. The smallest absolute Gasteiger partial charge is 0.324 e. The molecule has 0 bridgehead atoms. The van der Waals surface area contributed by atoms with Crippen molar-refractivity contribution in [2.45, 2.75) is 25.6 Å². The predicted octanol–water partition coefficient (Wildman–Crippen LogP) is 2.73. The van der Waals surface area contributed by atoms with Crippen LogP contribution in [0, 0.1) is 0 Å². The lowest BCUT2D eigenvalue weighted by Gasteiger charge is -2.22. The largest absolute Gasteiger partial charge is 0.454 e. The highest BCUT2D eigenvalue weighted by molar-refractivity contribution is 7.98. The molecule has 2 N–H and O–H groups in total. The maximum Gasteiger partial charge on any atom is 0.324 e. The summed E-state index contributed by atoms with van der Waals surface area (Å²) in [5.74, 6) is 2.51. The Hall–Kier alpha value is -3.40. The van der Waals surface area contributed by atoms with Crippen LogP contribution in [0.4, 0.5) is 10.7 Å². The molecule has 33 heavy (non-hydrogen) atoms. The molecule has 0 fully saturated rings. The van der Waals surface area contributed by atoms with Gasteiger partial charge in [-0.3, -0.25) is 9.69 Å². The number of fused-ring (bicyclic) bond motifs is 4. The number of hydrogen-bond donors (Lipinski definition) is 2. The summed E-state index contributed by atoms with van der Waals surface area (Å²) in [6.07, 6.45) is 2.51. The molecule has 0 unspecified atom stereocenters. The van der Waals surface area contributed by atoms with Crippen LogP contribution in [0.25, 0.3) is 11.0 Å². The lowest BCUT2D eigenvalue weighted by atomic mass is 10.1. The van der Waals surface area contributed by atoms with Crippen molar-refractivity contribution < 1.29 is 19.1 Å². The SMILES string of the molecule is CSCC[C@H](NC(=O)N1CCn2c1nc1ccccc12)C(=O)NCc1ccc2c(c1)OCO2. The van der Waals surface area contributed by atoms with Gasteiger partial charge in [-0.25, -0.2) is 9.78 Å². The molecule has 1 aromatic heterocycles. The molecular weight excluding hydrogens is 442 g/mol. The van der Waals surface area contributed by atoms with Gasteiger partial charge in [-0.05, 0) is 48.3 Å². The minimum atomic E-state index is -0.641. The Morgan fingerprint density at radius 2 is 2.00 bits per heavy atom. The van der Waals surface area contributed by atoms with Gasteiger partial charge >= 0.3 is 6.03 Å². The average molecular weight is 468 g/mol. The molecule has 2 aliphatic heterocycles. The molecule has 0 saturated heterocycles. The molecule has 2 aromatic carbocycles. The number of carbonyl (C=O) groups excluding carboxylic acids is 2. The zero-order valence-electron chi connectivity index (χ0n) is 18.2. The predicted molar refractivity (Wildman–Crippen MR) is 127 cm³/mol. The van der Waals surface area contributed by atoms with Crippen LogP contribution in [0.3, 0.4) is 0 Å². The van der Waals surface area contributed by atoms with Gasteiger partial charge in [0.05, 0.1) is 11.0 Å². The van der Waals surface area contributed by atoms with E-state index in [2.05, 4.69) is 15.6 Å². The summed E-state index contributed by atoms with van der Waals surface area (Å²) < 4.78 is 12.8. The maximum absolute atomic E-state index is 13.1. The van der Waals surface area contributed by atoms with Crippen LogP contribution in [-0.4, -0.2) is 52.9 Å². The highest BCUT2D eigenvalue weighted by Gasteiger charge is 2.31. The Morgan fingerprint density at radius 3 is 2.88 bits per heavy atom. The van der Waals surface area contributed by atoms with E-state index in [1.54, 1.807) is 16.7 Å². The number of para-hydroxylation sites is 2. The number of hydrogen-bond acceptors (Lipinski definition) is 6. The second-order valence-corrected chi connectivity index (χ2v) is 8.88. The summed E-state index contributed by atoms with van der Waals surface area (Å²) in [6, 6.07) is 12.4. The van der Waals surface area contributed by atoms with Crippen LogP contribution in [0.5, 0.6) is 11.5 Å². The van der Waals surface area contributed by atoms with Crippen molar-refractivity contribution in [2.75, 3.05) is 30.2 Å². The first kappa shape index (κ1) is 21.4. The van der Waals surface area contributed by atoms with Crippen molar-refractivity contribution in [1.82, 2.24) is 20.2 Å². The molecule has 1 atom stereocenters. The van der Waals surface area contributed by atoms with E-state index in [1.807, 2.05) is 53.3 Å². The highest BCUT2D eigenvalue weighted by atomic mass is 32.2. The molecule has 0 spiro atoms. The fourth-order valence-electron chi connectivity index (χ4n) is 4.08. The van der Waals surface area contributed by atoms with Gasteiger partial charge in [-0.2, -0.15) is 11.8 Å². The first-order valence-electron chi connectivity index (χ1n) is 10.8. The van der Waals surface area contributed by atoms with Gasteiger partial charge in [-0.1, -0.05) is 18.2 Å². The molecule has 0 aliphatic carbocycles. The summed E-state index contributed by atoms with van der Waals surface area (Å²) in [6.45, 7) is 1.74. The molecular formula is C23H25N5O4S. The Kier molecular flexibility index (Phi) is 5.99. The zero-order chi connectivity index (χ0) is 22.8. The number of nitrogens with zero attached hydrogens (tertiary/aromatic N) is 3. The standard InChI is InChI=1S/C23H25N5O4S/c1-33-11-8-17(21(29)24-13-15-6-7-19-20(12-15)32-14-31-19)26-23(30)28-10-9-27-18-5-3-2-4-16(18)25-22(27)28/h2-7,12,17H,8-11,13-14H2,1H3,(H,24,29)(H,26,30)/t17-/m0/s1. The molecule has 0 saturated carbocycles. The zero-order valence-corrected chi connectivity index (χ0v) is 19.1. The van der Waals surface area contributed by atoms with E-state index in [4.69, 9.17) is 9.47 Å². The van der Waals surface area contributed by atoms with Gasteiger partial charge in [0.2, 0.25) is 18.6 Å². The summed E-state index contributed by atoms with van der Waals surface area (Å²) in [7, 11) is 0. The number of benzene rings is 2. The van der Waals surface area contributed by atoms with Crippen molar-refractivity contribution in [3.8, 4) is 11.5 Å². The number of thioether (sulfide) groups is 1. The van der Waals surface area contributed by atoms with Gasteiger partial charge in [0.15, 0.2) is 11.5 Å². The van der Waals surface area contributed by atoms with Crippen molar-refractivity contribution in [3.63, 3.8) is 0 Å². The second kappa shape index (κ2) is 9.22. The minimum Gasteiger partial charge on any atom is -0.454 e. The van der Waals surface area contributed by atoms with Crippen LogP contribution in [-0.2, 0) is 17.9 Å². The van der Waals surface area contributed by atoms with Crippen molar-refractivity contribution in [2.24, 2.45) is 0 Å². The number of aromatic nitrogens is 2. The first-order chi connectivity index (χ1) is 16.1. The number of imidazole rings is 1. The van der Waals surface area contributed by atoms with E-state index in [9.17, 15) is 9.59 Å². The number of urea groups is 1. The van der Waals surface area contributed by atoms with E-state index in [-0.39, 0.29) is 18.7 Å². The van der Waals surface area contributed by atoms with E-state index in [0.29, 0.717) is 43.5 Å². The van der Waals surface area contributed by atoms with Gasteiger partial charge in [0.25, 0.3) is 0 Å². The van der Waals surface area contributed by atoms with Crippen LogP contribution in [0.15, 0.2) is 42.5 Å². The van der Waals surface area contributed by atoms with Gasteiger partial charge in [0.1, 0.15) is 6.04 Å². The third kappa shape index (κ3) is 4.30. The summed E-state index contributed by atoms with van der Waals surface area (Å²) in [4.78, 5) is 32.3. The Morgan fingerprint density at radius 1 is 1.15 bits per heavy atom. The molecule has 3 amide bonds. The van der Waals surface area contributed by atoms with E-state index in [0.717, 1.165) is 22.3 Å². The molecule has 3 aromatic rings. The molecule has 0 radical (unpaired) electrons. The normalized spacial score (nSPS) is 14.9. The number of nitrogens with one attached hydrogen (secondary N) is 2. The Balaban J connectivity index is 1.25. The second-order valence-electron chi connectivity index (χ2n) is 7.89. The lowest BCUT2D eigenvalue weighted by molar-refractivity contribution is -0.123. The third-order valence-electron chi connectivity index (χ3n) is 5.80. The molecule has 3 heterocycles.